The summed E-state index contributed by atoms with van der Waals surface area (Å²) in [6.45, 7) is 3.84. The van der Waals surface area contributed by atoms with E-state index in [1.54, 1.807) is 12.3 Å². The Morgan fingerprint density at radius 1 is 1.04 bits per heavy atom. The SMILES string of the molecule is Cc1cc(-c2cc(Oc3ccc4c(c3)c(C)nn4C)ccn2)ccc1C(N)=O. The third kappa shape index (κ3) is 3.20. The van der Waals surface area contributed by atoms with Crippen LogP contribution in [0.3, 0.4) is 0 Å². The number of amides is 1. The molecule has 0 saturated heterocycles. The van der Waals surface area contributed by atoms with Crippen molar-refractivity contribution in [1.82, 2.24) is 14.8 Å². The smallest absolute Gasteiger partial charge is 0.248 e. The van der Waals surface area contributed by atoms with Crippen LogP contribution >= 0.6 is 0 Å². The first-order chi connectivity index (χ1) is 13.4. The first-order valence-corrected chi connectivity index (χ1v) is 8.90. The summed E-state index contributed by atoms with van der Waals surface area (Å²) in [4.78, 5) is 15.9. The van der Waals surface area contributed by atoms with E-state index >= 15 is 0 Å². The summed E-state index contributed by atoms with van der Waals surface area (Å²) in [6.07, 6.45) is 1.70. The fourth-order valence-electron chi connectivity index (χ4n) is 3.35. The molecule has 0 saturated carbocycles. The lowest BCUT2D eigenvalue weighted by Gasteiger charge is -2.09. The normalized spacial score (nSPS) is 11.0. The third-order valence-corrected chi connectivity index (χ3v) is 4.76. The maximum Gasteiger partial charge on any atom is 0.248 e. The molecule has 2 aromatic carbocycles. The van der Waals surface area contributed by atoms with Gasteiger partial charge in [0, 0.05) is 35.8 Å². The van der Waals surface area contributed by atoms with Crippen LogP contribution in [-0.4, -0.2) is 20.7 Å². The average molecular weight is 372 g/mol. The highest BCUT2D eigenvalue weighted by atomic mass is 16.5. The van der Waals surface area contributed by atoms with Crippen LogP contribution in [0.4, 0.5) is 0 Å². The molecule has 2 aromatic heterocycles. The van der Waals surface area contributed by atoms with Gasteiger partial charge < -0.3 is 10.5 Å². The number of aryl methyl sites for hydroxylation is 3. The molecule has 0 atom stereocenters. The van der Waals surface area contributed by atoms with Crippen LogP contribution in [0.5, 0.6) is 11.5 Å². The van der Waals surface area contributed by atoms with Crippen molar-refractivity contribution in [3.8, 4) is 22.8 Å². The number of carbonyl (C=O) groups is 1. The Kier molecular flexibility index (Phi) is 4.31. The van der Waals surface area contributed by atoms with E-state index in [9.17, 15) is 4.79 Å². The molecule has 4 aromatic rings. The monoisotopic (exact) mass is 372 g/mol. The van der Waals surface area contributed by atoms with Gasteiger partial charge in [0.2, 0.25) is 5.91 Å². The molecule has 4 rings (SSSR count). The van der Waals surface area contributed by atoms with Crippen molar-refractivity contribution >= 4 is 16.8 Å². The average Bonchev–Trinajstić information content (AvgIpc) is 2.95. The highest BCUT2D eigenvalue weighted by Crippen LogP contribution is 2.29. The van der Waals surface area contributed by atoms with Gasteiger partial charge in [-0.05, 0) is 55.8 Å². The van der Waals surface area contributed by atoms with Gasteiger partial charge in [0.15, 0.2) is 0 Å². The number of aromatic nitrogens is 3. The molecular formula is C22H20N4O2. The van der Waals surface area contributed by atoms with Crippen molar-refractivity contribution < 1.29 is 9.53 Å². The van der Waals surface area contributed by atoms with Crippen LogP contribution in [0.25, 0.3) is 22.2 Å². The summed E-state index contributed by atoms with van der Waals surface area (Å²) >= 11 is 0. The van der Waals surface area contributed by atoms with Crippen LogP contribution < -0.4 is 10.5 Å². The fourth-order valence-corrected chi connectivity index (χ4v) is 3.35. The molecular weight excluding hydrogens is 352 g/mol. The Balaban J connectivity index is 1.65. The van der Waals surface area contributed by atoms with E-state index in [-0.39, 0.29) is 0 Å². The summed E-state index contributed by atoms with van der Waals surface area (Å²) in [5, 5.41) is 5.50. The Bertz CT molecular complexity index is 1210. The number of nitrogens with zero attached hydrogens (tertiary/aromatic N) is 3. The summed E-state index contributed by atoms with van der Waals surface area (Å²) in [5.41, 5.74) is 10.4. The van der Waals surface area contributed by atoms with Crippen molar-refractivity contribution in [3.63, 3.8) is 0 Å². The molecule has 0 aliphatic carbocycles. The first kappa shape index (κ1) is 17.7. The Morgan fingerprint density at radius 2 is 1.82 bits per heavy atom. The Labute approximate surface area is 162 Å². The van der Waals surface area contributed by atoms with Gasteiger partial charge in [-0.2, -0.15) is 5.10 Å². The van der Waals surface area contributed by atoms with Gasteiger partial charge in [0.25, 0.3) is 0 Å². The predicted molar refractivity (Wildman–Crippen MR) is 108 cm³/mol. The lowest BCUT2D eigenvalue weighted by molar-refractivity contribution is 0.0999. The molecule has 0 aliphatic heterocycles. The van der Waals surface area contributed by atoms with E-state index in [1.807, 2.05) is 68.0 Å². The fraction of sp³-hybridized carbons (Fsp3) is 0.136. The van der Waals surface area contributed by atoms with Crippen molar-refractivity contribution in [2.24, 2.45) is 12.8 Å². The highest BCUT2D eigenvalue weighted by molar-refractivity contribution is 5.94. The summed E-state index contributed by atoms with van der Waals surface area (Å²) in [6, 6.07) is 15.1. The number of hydrogen-bond acceptors (Lipinski definition) is 4. The number of benzene rings is 2. The van der Waals surface area contributed by atoms with Crippen LogP contribution in [0.1, 0.15) is 21.6 Å². The number of hydrogen-bond donors (Lipinski definition) is 1. The number of ether oxygens (including phenoxy) is 1. The van der Waals surface area contributed by atoms with Crippen molar-refractivity contribution in [1.29, 1.82) is 0 Å². The van der Waals surface area contributed by atoms with Crippen molar-refractivity contribution in [2.45, 2.75) is 13.8 Å². The maximum atomic E-state index is 11.4. The number of pyridine rings is 1. The standard InChI is InChI=1S/C22H20N4O2/c1-13-10-15(4-6-18(13)22(23)27)20-12-17(8-9-24-20)28-16-5-7-21-19(11-16)14(2)25-26(21)3/h4-12H,1-3H3,(H2,23,27). The molecule has 6 nitrogen and oxygen atoms in total. The first-order valence-electron chi connectivity index (χ1n) is 8.90. The zero-order valence-electron chi connectivity index (χ0n) is 15.9. The number of fused-ring (bicyclic) bond motifs is 1. The zero-order chi connectivity index (χ0) is 19.8. The van der Waals surface area contributed by atoms with Crippen molar-refractivity contribution in [2.75, 3.05) is 0 Å². The van der Waals surface area contributed by atoms with Crippen LogP contribution in [0.15, 0.2) is 54.7 Å². The van der Waals surface area contributed by atoms with Crippen LogP contribution in [0, 0.1) is 13.8 Å². The van der Waals surface area contributed by atoms with Gasteiger partial charge in [0.1, 0.15) is 11.5 Å². The van der Waals surface area contributed by atoms with E-state index in [0.717, 1.165) is 39.2 Å². The van der Waals surface area contributed by atoms with Gasteiger partial charge >= 0.3 is 0 Å². The van der Waals surface area contributed by atoms with Gasteiger partial charge in [-0.15, -0.1) is 0 Å². The number of carbonyl (C=O) groups excluding carboxylic acids is 1. The van der Waals surface area contributed by atoms with Crippen LogP contribution in [-0.2, 0) is 7.05 Å². The molecule has 0 spiro atoms. The second-order valence-electron chi connectivity index (χ2n) is 6.76. The van der Waals surface area contributed by atoms with Gasteiger partial charge in [-0.1, -0.05) is 6.07 Å². The van der Waals surface area contributed by atoms with E-state index in [1.165, 1.54) is 0 Å². The number of rotatable bonds is 4. The molecule has 140 valence electrons. The van der Waals surface area contributed by atoms with Gasteiger partial charge in [0.05, 0.1) is 16.9 Å². The van der Waals surface area contributed by atoms with Gasteiger partial charge in [-0.25, -0.2) is 0 Å². The molecule has 0 aliphatic rings. The second kappa shape index (κ2) is 6.81. The van der Waals surface area contributed by atoms with Gasteiger partial charge in [-0.3, -0.25) is 14.5 Å². The minimum atomic E-state index is -0.435. The molecule has 0 radical (unpaired) electrons. The molecule has 2 N–H and O–H groups in total. The highest BCUT2D eigenvalue weighted by Gasteiger charge is 2.10. The third-order valence-electron chi connectivity index (χ3n) is 4.76. The minimum absolute atomic E-state index is 0.435. The number of nitrogens with two attached hydrogens (primary N) is 1. The van der Waals surface area contributed by atoms with E-state index in [2.05, 4.69) is 10.1 Å². The molecule has 0 bridgehead atoms. The Hall–Kier alpha value is -3.67. The van der Waals surface area contributed by atoms with E-state index in [0.29, 0.717) is 11.3 Å². The molecule has 0 unspecified atom stereocenters. The summed E-state index contributed by atoms with van der Waals surface area (Å²) in [5.74, 6) is 0.985. The molecule has 0 fully saturated rings. The zero-order valence-corrected chi connectivity index (χ0v) is 15.9. The van der Waals surface area contributed by atoms with Crippen LogP contribution in [0.2, 0.25) is 0 Å². The maximum absolute atomic E-state index is 11.4. The minimum Gasteiger partial charge on any atom is -0.457 e. The lowest BCUT2D eigenvalue weighted by Crippen LogP contribution is -2.12. The molecule has 1 amide bonds. The van der Waals surface area contributed by atoms with Crippen molar-refractivity contribution in [3.05, 3.63) is 71.5 Å². The van der Waals surface area contributed by atoms with E-state index in [4.69, 9.17) is 10.5 Å². The summed E-state index contributed by atoms with van der Waals surface area (Å²) in [7, 11) is 1.93. The quantitative estimate of drug-likeness (QED) is 0.583. The lowest BCUT2D eigenvalue weighted by atomic mass is 10.0. The Morgan fingerprint density at radius 3 is 2.57 bits per heavy atom. The predicted octanol–water partition coefficient (Wildman–Crippen LogP) is 4.14. The van der Waals surface area contributed by atoms with E-state index < -0.39 is 5.91 Å². The molecule has 6 heteroatoms. The summed E-state index contributed by atoms with van der Waals surface area (Å²) < 4.78 is 7.91. The second-order valence-corrected chi connectivity index (χ2v) is 6.76. The molecule has 2 heterocycles. The molecule has 28 heavy (non-hydrogen) atoms. The largest absolute Gasteiger partial charge is 0.457 e. The topological polar surface area (TPSA) is 83.0 Å². The number of primary amides is 1.